The Hall–Kier alpha value is -0.630. The van der Waals surface area contributed by atoms with E-state index in [0.717, 1.165) is 19.3 Å². The van der Waals surface area contributed by atoms with Gasteiger partial charge < -0.3 is 5.11 Å². The van der Waals surface area contributed by atoms with Crippen LogP contribution < -0.4 is 0 Å². The standard InChI is InChI=1S/C10H16O2/c1-7-4-3-5-9(6-7)10(12)8(2)11/h4,8-9,11H,3,5-6H2,1-2H3/t8-,9-/m0/s1. The van der Waals surface area contributed by atoms with Gasteiger partial charge in [0.2, 0.25) is 0 Å². The van der Waals surface area contributed by atoms with Crippen molar-refractivity contribution in [1.82, 2.24) is 0 Å². The van der Waals surface area contributed by atoms with Gasteiger partial charge in [-0.2, -0.15) is 0 Å². The van der Waals surface area contributed by atoms with Crippen LogP contribution in [0.5, 0.6) is 0 Å². The first-order chi connectivity index (χ1) is 5.61. The van der Waals surface area contributed by atoms with E-state index in [0.29, 0.717) is 0 Å². The molecule has 0 fully saturated rings. The van der Waals surface area contributed by atoms with Crippen LogP contribution in [-0.4, -0.2) is 17.0 Å². The molecule has 0 saturated heterocycles. The first kappa shape index (κ1) is 9.46. The molecule has 0 saturated carbocycles. The molecule has 68 valence electrons. The predicted octanol–water partition coefficient (Wildman–Crippen LogP) is 1.68. The second-order valence-electron chi connectivity index (χ2n) is 3.61. The van der Waals surface area contributed by atoms with Gasteiger partial charge >= 0.3 is 0 Å². The van der Waals surface area contributed by atoms with E-state index in [2.05, 4.69) is 6.08 Å². The Kier molecular flexibility index (Phi) is 3.04. The van der Waals surface area contributed by atoms with E-state index in [-0.39, 0.29) is 11.7 Å². The maximum Gasteiger partial charge on any atom is 0.164 e. The van der Waals surface area contributed by atoms with Crippen molar-refractivity contribution in [2.75, 3.05) is 0 Å². The molecule has 0 amide bonds. The van der Waals surface area contributed by atoms with E-state index < -0.39 is 6.10 Å². The number of aliphatic hydroxyl groups excluding tert-OH is 1. The zero-order valence-corrected chi connectivity index (χ0v) is 7.71. The third-order valence-electron chi connectivity index (χ3n) is 2.39. The van der Waals surface area contributed by atoms with Crippen molar-refractivity contribution in [1.29, 1.82) is 0 Å². The van der Waals surface area contributed by atoms with Crippen LogP contribution in [-0.2, 0) is 4.79 Å². The van der Waals surface area contributed by atoms with Gasteiger partial charge in [-0.15, -0.1) is 0 Å². The molecule has 12 heavy (non-hydrogen) atoms. The molecular weight excluding hydrogens is 152 g/mol. The Labute approximate surface area is 73.3 Å². The van der Waals surface area contributed by atoms with Crippen LogP contribution in [0.1, 0.15) is 33.1 Å². The van der Waals surface area contributed by atoms with Crippen molar-refractivity contribution in [3.05, 3.63) is 11.6 Å². The number of carbonyl (C=O) groups excluding carboxylic acids is 1. The molecule has 2 nitrogen and oxygen atoms in total. The average molecular weight is 168 g/mol. The summed E-state index contributed by atoms with van der Waals surface area (Å²) in [5, 5.41) is 9.09. The summed E-state index contributed by atoms with van der Waals surface area (Å²) in [6.45, 7) is 3.59. The zero-order chi connectivity index (χ0) is 9.14. The van der Waals surface area contributed by atoms with E-state index in [4.69, 9.17) is 5.11 Å². The van der Waals surface area contributed by atoms with Crippen LogP contribution in [0.3, 0.4) is 0 Å². The monoisotopic (exact) mass is 168 g/mol. The number of carbonyl (C=O) groups is 1. The van der Waals surface area contributed by atoms with E-state index in [1.54, 1.807) is 6.92 Å². The van der Waals surface area contributed by atoms with Crippen molar-refractivity contribution in [2.24, 2.45) is 5.92 Å². The molecule has 0 unspecified atom stereocenters. The Morgan fingerprint density at radius 2 is 2.42 bits per heavy atom. The fourth-order valence-corrected chi connectivity index (χ4v) is 1.69. The molecule has 0 aliphatic heterocycles. The van der Waals surface area contributed by atoms with E-state index in [1.807, 2.05) is 6.92 Å². The molecule has 1 rings (SSSR count). The topological polar surface area (TPSA) is 37.3 Å². The Bertz CT molecular complexity index is 204. The Balaban J connectivity index is 2.55. The van der Waals surface area contributed by atoms with Gasteiger partial charge in [-0.25, -0.2) is 0 Å². The van der Waals surface area contributed by atoms with Crippen LogP contribution in [0.4, 0.5) is 0 Å². The van der Waals surface area contributed by atoms with Gasteiger partial charge in [0.25, 0.3) is 0 Å². The number of rotatable bonds is 2. The highest BCUT2D eigenvalue weighted by Gasteiger charge is 2.23. The maximum absolute atomic E-state index is 11.4. The summed E-state index contributed by atoms with van der Waals surface area (Å²) in [5.41, 5.74) is 1.28. The number of hydrogen-bond donors (Lipinski definition) is 1. The van der Waals surface area contributed by atoms with E-state index in [9.17, 15) is 4.79 Å². The van der Waals surface area contributed by atoms with Crippen molar-refractivity contribution in [3.63, 3.8) is 0 Å². The lowest BCUT2D eigenvalue weighted by atomic mass is 9.85. The normalized spacial score (nSPS) is 26.2. The molecule has 1 aliphatic carbocycles. The molecule has 0 aromatic rings. The SMILES string of the molecule is CC1=CCC[C@H](C(=O)[C@H](C)O)C1. The molecule has 2 heteroatoms. The molecule has 0 spiro atoms. The second-order valence-corrected chi connectivity index (χ2v) is 3.61. The van der Waals surface area contributed by atoms with Crippen molar-refractivity contribution in [3.8, 4) is 0 Å². The minimum atomic E-state index is -0.791. The maximum atomic E-state index is 11.4. The first-order valence-corrected chi connectivity index (χ1v) is 4.48. The molecule has 0 heterocycles. The zero-order valence-electron chi connectivity index (χ0n) is 7.71. The van der Waals surface area contributed by atoms with Gasteiger partial charge in [0, 0.05) is 5.92 Å². The van der Waals surface area contributed by atoms with Crippen molar-refractivity contribution in [2.45, 2.75) is 39.2 Å². The average Bonchev–Trinajstić information content (AvgIpc) is 2.03. The highest BCUT2D eigenvalue weighted by molar-refractivity contribution is 5.85. The third-order valence-corrected chi connectivity index (χ3v) is 2.39. The van der Waals surface area contributed by atoms with E-state index in [1.165, 1.54) is 5.57 Å². The molecule has 1 aliphatic rings. The number of ketones is 1. The van der Waals surface area contributed by atoms with Gasteiger partial charge in [0.15, 0.2) is 5.78 Å². The van der Waals surface area contributed by atoms with Gasteiger partial charge in [-0.1, -0.05) is 11.6 Å². The lowest BCUT2D eigenvalue weighted by Crippen LogP contribution is -2.26. The largest absolute Gasteiger partial charge is 0.386 e. The van der Waals surface area contributed by atoms with E-state index >= 15 is 0 Å². The Morgan fingerprint density at radius 3 is 2.92 bits per heavy atom. The quantitative estimate of drug-likeness (QED) is 0.637. The highest BCUT2D eigenvalue weighted by atomic mass is 16.3. The van der Waals surface area contributed by atoms with Crippen molar-refractivity contribution >= 4 is 5.78 Å². The van der Waals surface area contributed by atoms with Crippen LogP contribution >= 0.6 is 0 Å². The van der Waals surface area contributed by atoms with Crippen LogP contribution in [0, 0.1) is 5.92 Å². The third kappa shape index (κ3) is 2.18. The summed E-state index contributed by atoms with van der Waals surface area (Å²) in [5.74, 6) is 0.0671. The summed E-state index contributed by atoms with van der Waals surface area (Å²) < 4.78 is 0. The van der Waals surface area contributed by atoms with Gasteiger partial charge in [0.05, 0.1) is 0 Å². The van der Waals surface area contributed by atoms with Crippen LogP contribution in [0.25, 0.3) is 0 Å². The summed E-state index contributed by atoms with van der Waals surface area (Å²) in [4.78, 5) is 11.4. The number of allylic oxidation sites excluding steroid dienone is 2. The lowest BCUT2D eigenvalue weighted by Gasteiger charge is -2.20. The lowest BCUT2D eigenvalue weighted by molar-refractivity contribution is -0.130. The Morgan fingerprint density at radius 1 is 1.75 bits per heavy atom. The fraction of sp³-hybridized carbons (Fsp3) is 0.700. The summed E-state index contributed by atoms with van der Waals surface area (Å²) in [6, 6.07) is 0. The minimum absolute atomic E-state index is 0.00227. The van der Waals surface area contributed by atoms with Gasteiger partial charge in [0.1, 0.15) is 6.10 Å². The molecule has 0 aromatic carbocycles. The molecule has 1 N–H and O–H groups in total. The molecule has 0 bridgehead atoms. The minimum Gasteiger partial charge on any atom is -0.386 e. The molecular formula is C10H16O2. The van der Waals surface area contributed by atoms with Crippen molar-refractivity contribution < 1.29 is 9.90 Å². The molecule has 0 radical (unpaired) electrons. The number of hydrogen-bond acceptors (Lipinski definition) is 2. The smallest absolute Gasteiger partial charge is 0.164 e. The van der Waals surface area contributed by atoms with Crippen LogP contribution in [0.2, 0.25) is 0 Å². The highest BCUT2D eigenvalue weighted by Crippen LogP contribution is 2.25. The number of aliphatic hydroxyl groups is 1. The summed E-state index contributed by atoms with van der Waals surface area (Å²) >= 11 is 0. The molecule has 0 aromatic heterocycles. The van der Waals surface area contributed by atoms with Crippen LogP contribution in [0.15, 0.2) is 11.6 Å². The summed E-state index contributed by atoms with van der Waals surface area (Å²) in [7, 11) is 0. The number of Topliss-reactive ketones (excluding diaryl/α,β-unsaturated/α-hetero) is 1. The fourth-order valence-electron chi connectivity index (χ4n) is 1.69. The second kappa shape index (κ2) is 3.85. The molecule has 2 atom stereocenters. The predicted molar refractivity (Wildman–Crippen MR) is 47.8 cm³/mol. The summed E-state index contributed by atoms with van der Waals surface area (Å²) in [6.07, 6.45) is 4.10. The van der Waals surface area contributed by atoms with Gasteiger partial charge in [-0.3, -0.25) is 4.79 Å². The first-order valence-electron chi connectivity index (χ1n) is 4.48. The van der Waals surface area contributed by atoms with Gasteiger partial charge in [-0.05, 0) is 33.1 Å².